The van der Waals surface area contributed by atoms with Crippen LogP contribution in [0.2, 0.25) is 0 Å². The zero-order valence-corrected chi connectivity index (χ0v) is 8.52. The molecule has 0 bridgehead atoms. The van der Waals surface area contributed by atoms with E-state index in [0.717, 1.165) is 12.1 Å². The van der Waals surface area contributed by atoms with Gasteiger partial charge in [0.15, 0.2) is 11.6 Å². The molecule has 1 aromatic heterocycles. The van der Waals surface area contributed by atoms with Crippen molar-refractivity contribution in [3.05, 3.63) is 35.9 Å². The van der Waals surface area contributed by atoms with Gasteiger partial charge < -0.3 is 16.2 Å². The van der Waals surface area contributed by atoms with E-state index >= 15 is 0 Å². The van der Waals surface area contributed by atoms with Crippen LogP contribution in [0.25, 0.3) is 0 Å². The molecule has 0 aliphatic rings. The molecule has 1 aromatic carbocycles. The molecular formula is C10H8F2N4O. The number of anilines is 2. The Balaban J connectivity index is 2.31. The summed E-state index contributed by atoms with van der Waals surface area (Å²) in [6.45, 7) is 0. The van der Waals surface area contributed by atoms with E-state index < -0.39 is 11.6 Å². The molecule has 0 radical (unpaired) electrons. The highest BCUT2D eigenvalue weighted by atomic mass is 19.1. The van der Waals surface area contributed by atoms with Crippen molar-refractivity contribution in [3.8, 4) is 11.6 Å². The average molecular weight is 238 g/mol. The Hall–Kier alpha value is -2.44. The van der Waals surface area contributed by atoms with Gasteiger partial charge in [0.05, 0.1) is 0 Å². The molecule has 88 valence electrons. The van der Waals surface area contributed by atoms with Crippen LogP contribution >= 0.6 is 0 Å². The van der Waals surface area contributed by atoms with E-state index in [4.69, 9.17) is 16.2 Å². The SMILES string of the molecule is Nc1cc(Oc2ccc(F)cc2F)nc(N)n1. The monoisotopic (exact) mass is 238 g/mol. The minimum atomic E-state index is -0.847. The molecule has 0 saturated heterocycles. The van der Waals surface area contributed by atoms with Gasteiger partial charge >= 0.3 is 0 Å². The van der Waals surface area contributed by atoms with Gasteiger partial charge in [-0.2, -0.15) is 9.97 Å². The average Bonchev–Trinajstić information content (AvgIpc) is 2.21. The number of hydrogen-bond donors (Lipinski definition) is 2. The van der Waals surface area contributed by atoms with E-state index in [1.54, 1.807) is 0 Å². The van der Waals surface area contributed by atoms with E-state index in [0.29, 0.717) is 6.07 Å². The van der Waals surface area contributed by atoms with Crippen molar-refractivity contribution in [2.45, 2.75) is 0 Å². The van der Waals surface area contributed by atoms with Gasteiger partial charge in [-0.05, 0) is 12.1 Å². The summed E-state index contributed by atoms with van der Waals surface area (Å²) in [4.78, 5) is 7.32. The Morgan fingerprint density at radius 3 is 2.47 bits per heavy atom. The summed E-state index contributed by atoms with van der Waals surface area (Å²) < 4.78 is 31.0. The molecule has 2 aromatic rings. The molecule has 2 rings (SSSR count). The summed E-state index contributed by atoms with van der Waals surface area (Å²) in [5.41, 5.74) is 10.7. The van der Waals surface area contributed by atoms with E-state index in [2.05, 4.69) is 9.97 Å². The Bertz CT molecular complexity index is 542. The molecule has 7 heteroatoms. The van der Waals surface area contributed by atoms with E-state index in [9.17, 15) is 8.78 Å². The van der Waals surface area contributed by atoms with Gasteiger partial charge in [0, 0.05) is 12.1 Å². The van der Waals surface area contributed by atoms with Crippen molar-refractivity contribution in [2.75, 3.05) is 11.5 Å². The molecule has 0 aliphatic heterocycles. The fraction of sp³-hybridized carbons (Fsp3) is 0. The molecule has 0 unspecified atom stereocenters. The lowest BCUT2D eigenvalue weighted by molar-refractivity contribution is 0.424. The number of nitrogens with zero attached hydrogens (tertiary/aromatic N) is 2. The van der Waals surface area contributed by atoms with Crippen molar-refractivity contribution < 1.29 is 13.5 Å². The van der Waals surface area contributed by atoms with Crippen molar-refractivity contribution >= 4 is 11.8 Å². The van der Waals surface area contributed by atoms with Crippen LogP contribution < -0.4 is 16.2 Å². The first kappa shape index (κ1) is 11.1. The maximum absolute atomic E-state index is 13.3. The minimum Gasteiger partial charge on any atom is -0.436 e. The normalized spacial score (nSPS) is 10.2. The van der Waals surface area contributed by atoms with E-state index in [1.807, 2.05) is 0 Å². The summed E-state index contributed by atoms with van der Waals surface area (Å²) in [5, 5.41) is 0. The molecule has 0 amide bonds. The largest absolute Gasteiger partial charge is 0.436 e. The zero-order valence-electron chi connectivity index (χ0n) is 8.52. The molecule has 0 aliphatic carbocycles. The molecular weight excluding hydrogens is 230 g/mol. The van der Waals surface area contributed by atoms with Crippen LogP contribution in [0.3, 0.4) is 0 Å². The predicted molar refractivity (Wildman–Crippen MR) is 57.3 cm³/mol. The highest BCUT2D eigenvalue weighted by molar-refractivity contribution is 5.40. The quantitative estimate of drug-likeness (QED) is 0.831. The van der Waals surface area contributed by atoms with Gasteiger partial charge in [-0.15, -0.1) is 0 Å². The number of nitrogen functional groups attached to an aromatic ring is 2. The van der Waals surface area contributed by atoms with Crippen LogP contribution in [-0.2, 0) is 0 Å². The van der Waals surface area contributed by atoms with Gasteiger partial charge in [-0.3, -0.25) is 0 Å². The standard InChI is InChI=1S/C10H8F2N4O/c11-5-1-2-7(6(12)3-5)17-9-4-8(13)15-10(14)16-9/h1-4H,(H4,13,14,15,16). The van der Waals surface area contributed by atoms with Gasteiger partial charge in [0.1, 0.15) is 11.6 Å². The molecule has 0 fully saturated rings. The molecule has 0 atom stereocenters. The predicted octanol–water partition coefficient (Wildman–Crippen LogP) is 1.71. The molecule has 17 heavy (non-hydrogen) atoms. The van der Waals surface area contributed by atoms with E-state index in [-0.39, 0.29) is 23.4 Å². The Morgan fingerprint density at radius 2 is 1.82 bits per heavy atom. The third kappa shape index (κ3) is 2.57. The first-order valence-electron chi connectivity index (χ1n) is 4.57. The number of ether oxygens (including phenoxy) is 1. The Labute approximate surface area is 95.1 Å². The number of hydrogen-bond acceptors (Lipinski definition) is 5. The highest BCUT2D eigenvalue weighted by Crippen LogP contribution is 2.24. The zero-order chi connectivity index (χ0) is 12.4. The van der Waals surface area contributed by atoms with Crippen LogP contribution in [0.1, 0.15) is 0 Å². The molecule has 0 spiro atoms. The minimum absolute atomic E-state index is 0.0134. The molecule has 5 nitrogen and oxygen atoms in total. The van der Waals surface area contributed by atoms with Crippen LogP contribution in [0.5, 0.6) is 11.6 Å². The van der Waals surface area contributed by atoms with Crippen LogP contribution in [0.4, 0.5) is 20.5 Å². The fourth-order valence-electron chi connectivity index (χ4n) is 1.18. The second-order valence-corrected chi connectivity index (χ2v) is 3.17. The Kier molecular flexibility index (Phi) is 2.73. The number of halogens is 2. The third-order valence-electron chi connectivity index (χ3n) is 1.85. The summed E-state index contributed by atoms with van der Waals surface area (Å²) in [6.07, 6.45) is 0. The fourth-order valence-corrected chi connectivity index (χ4v) is 1.18. The van der Waals surface area contributed by atoms with Crippen LogP contribution in [-0.4, -0.2) is 9.97 Å². The number of benzene rings is 1. The topological polar surface area (TPSA) is 87.0 Å². The van der Waals surface area contributed by atoms with Crippen LogP contribution in [0, 0.1) is 11.6 Å². The van der Waals surface area contributed by atoms with Gasteiger partial charge in [-0.1, -0.05) is 0 Å². The Morgan fingerprint density at radius 1 is 1.06 bits per heavy atom. The first-order valence-corrected chi connectivity index (χ1v) is 4.57. The van der Waals surface area contributed by atoms with Crippen LogP contribution in [0.15, 0.2) is 24.3 Å². The maximum Gasteiger partial charge on any atom is 0.226 e. The van der Waals surface area contributed by atoms with Gasteiger partial charge in [0.25, 0.3) is 0 Å². The summed E-state index contributed by atoms with van der Waals surface area (Å²) >= 11 is 0. The number of nitrogens with two attached hydrogens (primary N) is 2. The second-order valence-electron chi connectivity index (χ2n) is 3.17. The van der Waals surface area contributed by atoms with Crippen molar-refractivity contribution in [1.29, 1.82) is 0 Å². The molecule has 4 N–H and O–H groups in total. The second kappa shape index (κ2) is 4.20. The van der Waals surface area contributed by atoms with Gasteiger partial charge in [0.2, 0.25) is 11.8 Å². The highest BCUT2D eigenvalue weighted by Gasteiger charge is 2.08. The van der Waals surface area contributed by atoms with Gasteiger partial charge in [-0.25, -0.2) is 8.78 Å². The first-order chi connectivity index (χ1) is 8.04. The third-order valence-corrected chi connectivity index (χ3v) is 1.85. The van der Waals surface area contributed by atoms with Crippen molar-refractivity contribution in [1.82, 2.24) is 9.97 Å². The summed E-state index contributed by atoms with van der Waals surface area (Å²) in [5.74, 6) is -1.74. The molecule has 0 saturated carbocycles. The lowest BCUT2D eigenvalue weighted by Crippen LogP contribution is -2.01. The van der Waals surface area contributed by atoms with E-state index in [1.165, 1.54) is 6.07 Å². The lowest BCUT2D eigenvalue weighted by Gasteiger charge is -2.06. The number of aromatic nitrogens is 2. The number of rotatable bonds is 2. The molecule has 1 heterocycles. The smallest absolute Gasteiger partial charge is 0.226 e. The summed E-state index contributed by atoms with van der Waals surface area (Å²) in [7, 11) is 0. The van der Waals surface area contributed by atoms with Crippen molar-refractivity contribution in [2.24, 2.45) is 0 Å². The van der Waals surface area contributed by atoms with Crippen molar-refractivity contribution in [3.63, 3.8) is 0 Å². The lowest BCUT2D eigenvalue weighted by atomic mass is 10.3. The summed E-state index contributed by atoms with van der Waals surface area (Å²) in [6, 6.07) is 4.17. The maximum atomic E-state index is 13.3.